The van der Waals surface area contributed by atoms with Crippen molar-refractivity contribution in [2.45, 2.75) is 13.0 Å². The molecule has 0 saturated heterocycles. The van der Waals surface area contributed by atoms with Gasteiger partial charge in [0.1, 0.15) is 11.6 Å². The first kappa shape index (κ1) is 18.7. The summed E-state index contributed by atoms with van der Waals surface area (Å²) < 4.78 is 42.8. The zero-order valence-corrected chi connectivity index (χ0v) is 14.9. The van der Waals surface area contributed by atoms with Gasteiger partial charge in [0.25, 0.3) is 5.91 Å². The number of amides is 1. The zero-order chi connectivity index (χ0) is 18.6. The Morgan fingerprint density at radius 2 is 1.84 bits per heavy atom. The molecule has 1 N–H and O–H groups in total. The molecule has 0 spiro atoms. The number of sulfonamides is 1. The number of hydrogen-bond donors (Lipinski definition) is 1. The van der Waals surface area contributed by atoms with Crippen LogP contribution in [-0.2, 0) is 14.8 Å². The third kappa shape index (κ3) is 5.18. The van der Waals surface area contributed by atoms with Gasteiger partial charge < -0.3 is 10.1 Å². The summed E-state index contributed by atoms with van der Waals surface area (Å²) >= 11 is 0. The van der Waals surface area contributed by atoms with Crippen molar-refractivity contribution in [2.24, 2.45) is 0 Å². The van der Waals surface area contributed by atoms with Crippen molar-refractivity contribution in [3.63, 3.8) is 0 Å². The van der Waals surface area contributed by atoms with E-state index in [1.54, 1.807) is 37.3 Å². The van der Waals surface area contributed by atoms with Crippen LogP contribution in [0.2, 0.25) is 0 Å². The minimum absolute atomic E-state index is 0.338. The minimum Gasteiger partial charge on any atom is -0.481 e. The number of halogens is 1. The number of anilines is 2. The van der Waals surface area contributed by atoms with Crippen LogP contribution in [0.15, 0.2) is 48.5 Å². The fourth-order valence-corrected chi connectivity index (χ4v) is 2.50. The molecule has 2 rings (SSSR count). The number of benzene rings is 2. The van der Waals surface area contributed by atoms with Crippen molar-refractivity contribution < 1.29 is 22.3 Å². The molecule has 0 bridgehead atoms. The van der Waals surface area contributed by atoms with Crippen LogP contribution in [0.5, 0.6) is 5.75 Å². The smallest absolute Gasteiger partial charge is 0.265 e. The fraction of sp³-hybridized carbons (Fsp3) is 0.235. The fourth-order valence-electron chi connectivity index (χ4n) is 1.99. The number of ether oxygens (including phenoxy) is 1. The lowest BCUT2D eigenvalue weighted by Crippen LogP contribution is -2.30. The molecule has 0 unspecified atom stereocenters. The molecule has 0 aliphatic heterocycles. The maximum Gasteiger partial charge on any atom is 0.265 e. The molecule has 6 nitrogen and oxygen atoms in total. The number of nitrogens with zero attached hydrogens (tertiary/aromatic N) is 1. The lowest BCUT2D eigenvalue weighted by molar-refractivity contribution is -0.122. The lowest BCUT2D eigenvalue weighted by Gasteiger charge is -2.18. The van der Waals surface area contributed by atoms with Gasteiger partial charge in [-0.15, -0.1) is 0 Å². The Bertz CT molecular complexity index is 853. The van der Waals surface area contributed by atoms with Crippen molar-refractivity contribution >= 4 is 27.3 Å². The normalized spacial score (nSPS) is 12.3. The second kappa shape index (κ2) is 7.52. The highest BCUT2D eigenvalue weighted by Gasteiger charge is 2.16. The van der Waals surface area contributed by atoms with Crippen LogP contribution >= 0.6 is 0 Å². The van der Waals surface area contributed by atoms with Gasteiger partial charge in [0.2, 0.25) is 10.0 Å². The van der Waals surface area contributed by atoms with E-state index >= 15 is 0 Å². The van der Waals surface area contributed by atoms with Crippen LogP contribution in [0.25, 0.3) is 0 Å². The molecular formula is C17H19FN2O4S. The number of rotatable bonds is 6. The van der Waals surface area contributed by atoms with Crippen LogP contribution in [0.1, 0.15) is 6.92 Å². The topological polar surface area (TPSA) is 75.7 Å². The van der Waals surface area contributed by atoms with Crippen LogP contribution in [0.3, 0.4) is 0 Å². The maximum atomic E-state index is 13.1. The van der Waals surface area contributed by atoms with E-state index < -0.39 is 27.9 Å². The Morgan fingerprint density at radius 3 is 2.40 bits per heavy atom. The summed E-state index contributed by atoms with van der Waals surface area (Å²) in [7, 11) is -1.90. The molecule has 2 aromatic carbocycles. The van der Waals surface area contributed by atoms with E-state index in [0.29, 0.717) is 17.1 Å². The number of nitrogens with one attached hydrogen (secondary N) is 1. The zero-order valence-electron chi connectivity index (χ0n) is 14.1. The minimum atomic E-state index is -3.35. The van der Waals surface area contributed by atoms with Gasteiger partial charge in [-0.1, -0.05) is 6.07 Å². The van der Waals surface area contributed by atoms with E-state index in [1.807, 2.05) is 0 Å². The van der Waals surface area contributed by atoms with E-state index in [2.05, 4.69) is 5.32 Å². The van der Waals surface area contributed by atoms with Crippen molar-refractivity contribution in [2.75, 3.05) is 22.9 Å². The molecule has 25 heavy (non-hydrogen) atoms. The van der Waals surface area contributed by atoms with Gasteiger partial charge >= 0.3 is 0 Å². The van der Waals surface area contributed by atoms with Crippen molar-refractivity contribution in [1.82, 2.24) is 0 Å². The molecule has 0 saturated carbocycles. The van der Waals surface area contributed by atoms with Crippen LogP contribution in [-0.4, -0.2) is 33.7 Å². The van der Waals surface area contributed by atoms with Gasteiger partial charge in [0.05, 0.1) is 11.9 Å². The lowest BCUT2D eigenvalue weighted by atomic mass is 10.2. The number of carbonyl (C=O) groups excluding carboxylic acids is 1. The van der Waals surface area contributed by atoms with Gasteiger partial charge in [-0.3, -0.25) is 9.10 Å². The summed E-state index contributed by atoms with van der Waals surface area (Å²) in [6.07, 6.45) is 0.290. The van der Waals surface area contributed by atoms with Crippen molar-refractivity contribution in [1.29, 1.82) is 0 Å². The van der Waals surface area contributed by atoms with Crippen LogP contribution in [0.4, 0.5) is 15.8 Å². The first-order valence-electron chi connectivity index (χ1n) is 7.44. The Hall–Kier alpha value is -2.61. The second-order valence-electron chi connectivity index (χ2n) is 5.48. The van der Waals surface area contributed by atoms with Crippen molar-refractivity contribution in [3.05, 3.63) is 54.3 Å². The van der Waals surface area contributed by atoms with Gasteiger partial charge in [-0.25, -0.2) is 12.8 Å². The standard InChI is InChI=1S/C17H19FN2O4S/c1-12(17(21)19-14-6-4-5-13(18)11-14)24-16-9-7-15(8-10-16)20(2)25(3,22)23/h4-12H,1-3H3,(H,19,21)/t12-/m0/s1. The third-order valence-electron chi connectivity index (χ3n) is 3.47. The van der Waals surface area contributed by atoms with E-state index in [9.17, 15) is 17.6 Å². The Labute approximate surface area is 146 Å². The molecule has 0 aliphatic rings. The van der Waals surface area contributed by atoms with E-state index in [0.717, 1.165) is 10.6 Å². The molecule has 2 aromatic rings. The first-order valence-corrected chi connectivity index (χ1v) is 9.28. The monoisotopic (exact) mass is 366 g/mol. The first-order chi connectivity index (χ1) is 11.7. The number of carbonyl (C=O) groups is 1. The predicted molar refractivity (Wildman–Crippen MR) is 94.8 cm³/mol. The highest BCUT2D eigenvalue weighted by Crippen LogP contribution is 2.21. The SMILES string of the molecule is C[C@H](Oc1ccc(N(C)S(C)(=O)=O)cc1)C(=O)Nc1cccc(F)c1. The predicted octanol–water partition coefficient (Wildman–Crippen LogP) is 2.63. The molecule has 1 amide bonds. The van der Waals surface area contributed by atoms with E-state index in [-0.39, 0.29) is 0 Å². The van der Waals surface area contributed by atoms with E-state index in [4.69, 9.17) is 4.74 Å². The van der Waals surface area contributed by atoms with Gasteiger partial charge in [0.15, 0.2) is 6.10 Å². The maximum absolute atomic E-state index is 13.1. The Morgan fingerprint density at radius 1 is 1.20 bits per heavy atom. The summed E-state index contributed by atoms with van der Waals surface area (Å²) in [5, 5.41) is 2.56. The van der Waals surface area contributed by atoms with Gasteiger partial charge in [-0.05, 0) is 49.4 Å². The molecule has 0 aromatic heterocycles. The molecule has 1 atom stereocenters. The van der Waals surface area contributed by atoms with Gasteiger partial charge in [-0.2, -0.15) is 0 Å². The molecule has 0 fully saturated rings. The average Bonchev–Trinajstić information content (AvgIpc) is 2.54. The average molecular weight is 366 g/mol. The summed E-state index contributed by atoms with van der Waals surface area (Å²) in [6.45, 7) is 1.56. The van der Waals surface area contributed by atoms with Crippen LogP contribution in [0, 0.1) is 5.82 Å². The molecule has 0 aliphatic carbocycles. The Kier molecular flexibility index (Phi) is 5.63. The summed E-state index contributed by atoms with van der Waals surface area (Å²) in [5.41, 5.74) is 0.817. The van der Waals surface area contributed by atoms with E-state index in [1.165, 1.54) is 25.2 Å². The quantitative estimate of drug-likeness (QED) is 0.853. The molecule has 0 heterocycles. The molecule has 8 heteroatoms. The third-order valence-corrected chi connectivity index (χ3v) is 4.68. The van der Waals surface area contributed by atoms with Gasteiger partial charge in [0, 0.05) is 12.7 Å². The summed E-state index contributed by atoms with van der Waals surface area (Å²) in [6, 6.07) is 11.9. The second-order valence-corrected chi connectivity index (χ2v) is 7.50. The largest absolute Gasteiger partial charge is 0.481 e. The highest BCUT2D eigenvalue weighted by molar-refractivity contribution is 7.92. The molecule has 134 valence electrons. The summed E-state index contributed by atoms with van der Waals surface area (Å²) in [4.78, 5) is 12.1. The van der Waals surface area contributed by atoms with Crippen molar-refractivity contribution in [3.8, 4) is 5.75 Å². The highest BCUT2D eigenvalue weighted by atomic mass is 32.2. The molecule has 0 radical (unpaired) electrons. The van der Waals surface area contributed by atoms with Crippen LogP contribution < -0.4 is 14.4 Å². The molecular weight excluding hydrogens is 347 g/mol. The summed E-state index contributed by atoms with van der Waals surface area (Å²) in [5.74, 6) is -0.465. The number of hydrogen-bond acceptors (Lipinski definition) is 4. The Balaban J connectivity index is 2.00.